The molecule has 1 saturated carbocycles. The molecular formula is C17H35N. The van der Waals surface area contributed by atoms with E-state index in [1.165, 1.54) is 38.5 Å². The highest BCUT2D eigenvalue weighted by atomic mass is 14.9. The molecule has 0 bridgehead atoms. The summed E-state index contributed by atoms with van der Waals surface area (Å²) in [5, 5.41) is 3.64. The molecule has 0 aromatic rings. The predicted molar refractivity (Wildman–Crippen MR) is 81.9 cm³/mol. The molecule has 1 rings (SSSR count). The number of hydrogen-bond donors (Lipinski definition) is 1. The number of hydrogen-bond acceptors (Lipinski definition) is 1. The van der Waals surface area contributed by atoms with Crippen LogP contribution in [0.4, 0.5) is 0 Å². The van der Waals surface area contributed by atoms with Crippen molar-refractivity contribution in [3.63, 3.8) is 0 Å². The molecule has 1 nitrogen and oxygen atoms in total. The van der Waals surface area contributed by atoms with Gasteiger partial charge in [0.1, 0.15) is 0 Å². The maximum Gasteiger partial charge on any atom is 0.00965 e. The summed E-state index contributed by atoms with van der Waals surface area (Å²) in [5.74, 6) is 1.94. The van der Waals surface area contributed by atoms with Crippen molar-refractivity contribution in [2.75, 3.05) is 6.54 Å². The van der Waals surface area contributed by atoms with E-state index in [1.54, 1.807) is 0 Å². The summed E-state index contributed by atoms with van der Waals surface area (Å²) in [6.07, 6.45) is 8.55. The van der Waals surface area contributed by atoms with Gasteiger partial charge in [-0.25, -0.2) is 0 Å². The Hall–Kier alpha value is -0.0400. The number of nitrogens with one attached hydrogen (secondary N) is 1. The molecule has 0 aliphatic heterocycles. The van der Waals surface area contributed by atoms with Gasteiger partial charge in [0.25, 0.3) is 0 Å². The molecule has 1 aliphatic carbocycles. The lowest BCUT2D eigenvalue weighted by atomic mass is 9.66. The molecule has 0 heterocycles. The lowest BCUT2D eigenvalue weighted by Gasteiger charge is -2.40. The monoisotopic (exact) mass is 253 g/mol. The van der Waals surface area contributed by atoms with Crippen molar-refractivity contribution < 1.29 is 0 Å². The zero-order chi connectivity index (χ0) is 13.8. The van der Waals surface area contributed by atoms with E-state index >= 15 is 0 Å². The molecule has 18 heavy (non-hydrogen) atoms. The fourth-order valence-electron chi connectivity index (χ4n) is 3.34. The summed E-state index contributed by atoms with van der Waals surface area (Å²) in [4.78, 5) is 0. The minimum Gasteiger partial charge on any atom is -0.312 e. The quantitative estimate of drug-likeness (QED) is 0.726. The summed E-state index contributed by atoms with van der Waals surface area (Å²) < 4.78 is 0. The summed E-state index contributed by atoms with van der Waals surface area (Å²) in [5.41, 5.74) is 0.765. The van der Waals surface area contributed by atoms with E-state index in [1.807, 2.05) is 0 Å². The highest BCUT2D eigenvalue weighted by Crippen LogP contribution is 2.43. The Balaban J connectivity index is 2.42. The first kappa shape index (κ1) is 16.0. The molecule has 1 heteroatoms. The Morgan fingerprint density at radius 1 is 1.06 bits per heavy atom. The molecule has 1 N–H and O–H groups in total. The van der Waals surface area contributed by atoms with E-state index < -0.39 is 0 Å². The Morgan fingerprint density at radius 2 is 1.72 bits per heavy atom. The van der Waals surface area contributed by atoms with Crippen molar-refractivity contribution in [2.24, 2.45) is 17.3 Å². The highest BCUT2D eigenvalue weighted by molar-refractivity contribution is 4.85. The molecule has 108 valence electrons. The second-order valence-corrected chi connectivity index (χ2v) is 8.05. The van der Waals surface area contributed by atoms with Gasteiger partial charge < -0.3 is 5.32 Å². The van der Waals surface area contributed by atoms with Gasteiger partial charge in [-0.2, -0.15) is 0 Å². The van der Waals surface area contributed by atoms with Crippen molar-refractivity contribution >= 4 is 0 Å². The summed E-state index contributed by atoms with van der Waals surface area (Å²) in [6, 6.07) is 0. The van der Waals surface area contributed by atoms with Crippen molar-refractivity contribution in [2.45, 2.75) is 85.6 Å². The van der Waals surface area contributed by atoms with Crippen LogP contribution in [0.2, 0.25) is 0 Å². The highest BCUT2D eigenvalue weighted by Gasteiger charge is 2.33. The van der Waals surface area contributed by atoms with Gasteiger partial charge in [0.05, 0.1) is 0 Å². The van der Waals surface area contributed by atoms with Crippen LogP contribution in [0.25, 0.3) is 0 Å². The molecule has 2 unspecified atom stereocenters. The van der Waals surface area contributed by atoms with Crippen LogP contribution in [0.15, 0.2) is 0 Å². The van der Waals surface area contributed by atoms with Crippen LogP contribution < -0.4 is 5.32 Å². The van der Waals surface area contributed by atoms with Gasteiger partial charge in [-0.3, -0.25) is 0 Å². The van der Waals surface area contributed by atoms with Crippen LogP contribution in [0.1, 0.15) is 80.1 Å². The Labute approximate surface area is 115 Å². The molecule has 0 radical (unpaired) electrons. The second-order valence-electron chi connectivity index (χ2n) is 8.05. The predicted octanol–water partition coefficient (Wildman–Crippen LogP) is 5.01. The Kier molecular flexibility index (Phi) is 5.70. The van der Waals surface area contributed by atoms with Gasteiger partial charge >= 0.3 is 0 Å². The average molecular weight is 253 g/mol. The summed E-state index contributed by atoms with van der Waals surface area (Å²) in [7, 11) is 0. The van der Waals surface area contributed by atoms with E-state index in [4.69, 9.17) is 0 Å². The first-order chi connectivity index (χ1) is 8.24. The van der Waals surface area contributed by atoms with Gasteiger partial charge in [-0.1, -0.05) is 40.0 Å². The van der Waals surface area contributed by atoms with Gasteiger partial charge in [-0.15, -0.1) is 0 Å². The molecule has 0 aromatic heterocycles. The van der Waals surface area contributed by atoms with Gasteiger partial charge in [0.15, 0.2) is 0 Å². The van der Waals surface area contributed by atoms with Crippen LogP contribution >= 0.6 is 0 Å². The molecule has 0 aromatic carbocycles. The summed E-state index contributed by atoms with van der Waals surface area (Å²) in [6.45, 7) is 15.3. The maximum absolute atomic E-state index is 3.64. The lowest BCUT2D eigenvalue weighted by Crippen LogP contribution is -2.39. The average Bonchev–Trinajstić information content (AvgIpc) is 2.27. The standard InChI is InChI=1S/C17H35N/c1-7-14-9-8-10-15(13-14)17(5,6)11-12-18-16(2,3)4/h14-15,18H,7-13H2,1-6H3. The van der Waals surface area contributed by atoms with E-state index in [0.717, 1.165) is 18.4 Å². The molecular weight excluding hydrogens is 218 g/mol. The van der Waals surface area contributed by atoms with E-state index in [0.29, 0.717) is 5.41 Å². The fraction of sp³-hybridized carbons (Fsp3) is 1.00. The zero-order valence-corrected chi connectivity index (χ0v) is 13.6. The maximum atomic E-state index is 3.64. The third-order valence-electron chi connectivity index (χ3n) is 4.89. The molecule has 0 saturated heterocycles. The third kappa shape index (κ3) is 5.30. The smallest absolute Gasteiger partial charge is 0.00965 e. The first-order valence-electron chi connectivity index (χ1n) is 7.99. The topological polar surface area (TPSA) is 12.0 Å². The molecule has 2 atom stereocenters. The summed E-state index contributed by atoms with van der Waals surface area (Å²) >= 11 is 0. The minimum absolute atomic E-state index is 0.259. The minimum atomic E-state index is 0.259. The molecule has 0 amide bonds. The normalized spacial score (nSPS) is 26.3. The SMILES string of the molecule is CCC1CCCC(C(C)(C)CCNC(C)(C)C)C1. The van der Waals surface area contributed by atoms with Crippen LogP contribution in [-0.4, -0.2) is 12.1 Å². The largest absolute Gasteiger partial charge is 0.312 e. The zero-order valence-electron chi connectivity index (χ0n) is 13.6. The molecule has 1 aliphatic rings. The Morgan fingerprint density at radius 3 is 2.28 bits per heavy atom. The van der Waals surface area contributed by atoms with Crippen molar-refractivity contribution in [3.05, 3.63) is 0 Å². The van der Waals surface area contributed by atoms with E-state index in [-0.39, 0.29) is 5.54 Å². The van der Waals surface area contributed by atoms with E-state index in [9.17, 15) is 0 Å². The van der Waals surface area contributed by atoms with Crippen LogP contribution in [0, 0.1) is 17.3 Å². The van der Waals surface area contributed by atoms with Crippen LogP contribution in [-0.2, 0) is 0 Å². The third-order valence-corrected chi connectivity index (χ3v) is 4.89. The van der Waals surface area contributed by atoms with Crippen LogP contribution in [0.3, 0.4) is 0 Å². The first-order valence-corrected chi connectivity index (χ1v) is 7.99. The fourth-order valence-corrected chi connectivity index (χ4v) is 3.34. The van der Waals surface area contributed by atoms with Crippen molar-refractivity contribution in [1.29, 1.82) is 0 Å². The molecule has 1 fully saturated rings. The van der Waals surface area contributed by atoms with E-state index in [2.05, 4.69) is 46.9 Å². The Bertz CT molecular complexity index is 236. The lowest BCUT2D eigenvalue weighted by molar-refractivity contribution is 0.111. The van der Waals surface area contributed by atoms with Crippen molar-refractivity contribution in [3.8, 4) is 0 Å². The van der Waals surface area contributed by atoms with Gasteiger partial charge in [0.2, 0.25) is 0 Å². The van der Waals surface area contributed by atoms with Crippen LogP contribution in [0.5, 0.6) is 0 Å². The van der Waals surface area contributed by atoms with Crippen molar-refractivity contribution in [1.82, 2.24) is 5.32 Å². The molecule has 0 spiro atoms. The van der Waals surface area contributed by atoms with Gasteiger partial charge in [0, 0.05) is 5.54 Å². The van der Waals surface area contributed by atoms with Gasteiger partial charge in [-0.05, 0) is 63.8 Å². The second kappa shape index (κ2) is 6.41. The number of rotatable bonds is 5.